The van der Waals surface area contributed by atoms with Crippen molar-refractivity contribution in [3.05, 3.63) is 96.1 Å². The van der Waals surface area contributed by atoms with Gasteiger partial charge >= 0.3 is 30.3 Å². The Kier molecular flexibility index (Phi) is 11.8. The van der Waals surface area contributed by atoms with Gasteiger partial charge in [-0.3, -0.25) is 0 Å². The van der Waals surface area contributed by atoms with Crippen molar-refractivity contribution in [2.45, 2.75) is 68.1 Å². The predicted molar refractivity (Wildman–Crippen MR) is 150 cm³/mol. The number of ether oxygens (including phenoxy) is 5. The van der Waals surface area contributed by atoms with Crippen molar-refractivity contribution < 1.29 is 64.4 Å². The van der Waals surface area contributed by atoms with Crippen molar-refractivity contribution in [1.29, 1.82) is 0 Å². The summed E-state index contributed by atoms with van der Waals surface area (Å²) in [5, 5.41) is 0. The van der Waals surface area contributed by atoms with Gasteiger partial charge in [0.2, 0.25) is 0 Å². The average molecular weight is 659 g/mol. The van der Waals surface area contributed by atoms with Crippen molar-refractivity contribution in [2.24, 2.45) is 0 Å². The molecule has 0 spiro atoms. The number of hydrogen-bond acceptors (Lipinski definition) is 8. The predicted octanol–water partition coefficient (Wildman–Crippen LogP) is 6.25. The van der Waals surface area contributed by atoms with Crippen LogP contribution in [0.15, 0.2) is 85.0 Å². The normalized spacial score (nSPS) is 23.7. The zero-order chi connectivity index (χ0) is 34.2. The van der Waals surface area contributed by atoms with Crippen molar-refractivity contribution in [1.82, 2.24) is 0 Å². The number of carbonyl (C=O) groups is 3. The van der Waals surface area contributed by atoms with Gasteiger partial charge < -0.3 is 23.7 Å². The number of rotatable bonds is 8. The van der Waals surface area contributed by atoms with Gasteiger partial charge in [0.1, 0.15) is 12.2 Å². The number of cyclic esters (lactones) is 1. The molecule has 5 atom stereocenters. The van der Waals surface area contributed by atoms with Gasteiger partial charge in [0.15, 0.2) is 0 Å². The molecule has 0 aromatic heterocycles. The van der Waals surface area contributed by atoms with E-state index in [1.165, 1.54) is 43.3 Å². The Labute approximate surface area is 260 Å². The Hall–Kier alpha value is -4.17. The second-order valence-corrected chi connectivity index (χ2v) is 10.2. The second-order valence-electron chi connectivity index (χ2n) is 10.2. The van der Waals surface area contributed by atoms with E-state index in [1.807, 2.05) is 0 Å². The molecule has 8 nitrogen and oxygen atoms in total. The van der Waals surface area contributed by atoms with Gasteiger partial charge in [-0.1, -0.05) is 60.7 Å². The molecule has 2 aromatic rings. The summed E-state index contributed by atoms with van der Waals surface area (Å²) in [6.07, 6.45) is -10.3. The van der Waals surface area contributed by atoms with Crippen LogP contribution in [-0.2, 0) is 49.3 Å². The van der Waals surface area contributed by atoms with E-state index < -0.39 is 70.9 Å². The minimum Gasteiger partial charge on any atom is -0.460 e. The fourth-order valence-corrected chi connectivity index (χ4v) is 4.85. The van der Waals surface area contributed by atoms with E-state index in [0.29, 0.717) is 14.2 Å². The Bertz CT molecular complexity index is 1390. The van der Waals surface area contributed by atoms with Crippen molar-refractivity contribution in [3.8, 4) is 0 Å². The van der Waals surface area contributed by atoms with E-state index in [2.05, 4.69) is 0 Å². The minimum atomic E-state index is -5.32. The van der Waals surface area contributed by atoms with Crippen LogP contribution in [0, 0.1) is 0 Å². The molecule has 0 saturated heterocycles. The van der Waals surface area contributed by atoms with Gasteiger partial charge in [0.05, 0.1) is 6.10 Å². The van der Waals surface area contributed by atoms with E-state index in [4.69, 9.17) is 23.7 Å². The highest BCUT2D eigenvalue weighted by molar-refractivity contribution is 5.84. The van der Waals surface area contributed by atoms with Gasteiger partial charge in [-0.25, -0.2) is 14.4 Å². The largest absolute Gasteiger partial charge is 0.460 e. The SMILES string of the molecule is CO[C@](C(=O)OC1/C=C\C(=O)O[C@@H](C)CCC[C@@H](OC(=O)[C@@](OC)(c2ccccc2)C(F)(F)F)/C=C\1)(c1ccccc1)C(F)(F)F. The zero-order valence-corrected chi connectivity index (χ0v) is 25.0. The molecule has 14 heteroatoms. The molecule has 0 amide bonds. The Morgan fingerprint density at radius 2 is 1.20 bits per heavy atom. The fraction of sp³-hybridized carbons (Fsp3) is 0.406. The Morgan fingerprint density at radius 3 is 1.65 bits per heavy atom. The van der Waals surface area contributed by atoms with Crippen LogP contribution in [-0.4, -0.2) is 62.8 Å². The van der Waals surface area contributed by atoms with Crippen LogP contribution < -0.4 is 0 Å². The summed E-state index contributed by atoms with van der Waals surface area (Å²) in [5.74, 6) is -4.60. The van der Waals surface area contributed by atoms with Crippen LogP contribution >= 0.6 is 0 Å². The van der Waals surface area contributed by atoms with Gasteiger partial charge in [0, 0.05) is 31.4 Å². The average Bonchev–Trinajstić information content (AvgIpc) is 2.98. The summed E-state index contributed by atoms with van der Waals surface area (Å²) in [4.78, 5) is 38.8. The molecule has 0 aliphatic carbocycles. The maximum atomic E-state index is 14.4. The summed E-state index contributed by atoms with van der Waals surface area (Å²) >= 11 is 0. The molecule has 1 aliphatic rings. The van der Waals surface area contributed by atoms with E-state index in [9.17, 15) is 40.7 Å². The first kappa shape index (κ1) is 36.3. The number of benzene rings is 2. The van der Waals surface area contributed by atoms with Gasteiger partial charge in [-0.15, -0.1) is 0 Å². The van der Waals surface area contributed by atoms with E-state index in [-0.39, 0.29) is 19.3 Å². The van der Waals surface area contributed by atoms with E-state index in [1.54, 1.807) is 0 Å². The smallest absolute Gasteiger partial charge is 0.432 e. The molecule has 0 radical (unpaired) electrons. The second kappa shape index (κ2) is 14.9. The van der Waals surface area contributed by atoms with Crippen molar-refractivity contribution >= 4 is 17.9 Å². The van der Waals surface area contributed by atoms with Crippen LogP contribution in [0.5, 0.6) is 0 Å². The number of esters is 3. The van der Waals surface area contributed by atoms with E-state index in [0.717, 1.165) is 48.6 Å². The molecular formula is C32H32F6O8. The highest BCUT2D eigenvalue weighted by Gasteiger charge is 2.65. The molecular weight excluding hydrogens is 626 g/mol. The quantitative estimate of drug-likeness (QED) is 0.142. The number of carbonyl (C=O) groups excluding carboxylic acids is 3. The van der Waals surface area contributed by atoms with Crippen LogP contribution in [0.25, 0.3) is 0 Å². The third kappa shape index (κ3) is 7.79. The minimum absolute atomic E-state index is 0.102. The lowest BCUT2D eigenvalue weighted by Gasteiger charge is -2.34. The zero-order valence-electron chi connectivity index (χ0n) is 25.0. The monoisotopic (exact) mass is 658 g/mol. The van der Waals surface area contributed by atoms with Crippen LogP contribution in [0.3, 0.4) is 0 Å². The van der Waals surface area contributed by atoms with Crippen LogP contribution in [0.1, 0.15) is 37.3 Å². The maximum absolute atomic E-state index is 14.4. The number of methoxy groups -OCH3 is 2. The fourth-order valence-electron chi connectivity index (χ4n) is 4.85. The molecule has 0 fully saturated rings. The lowest BCUT2D eigenvalue weighted by molar-refractivity contribution is -0.278. The molecule has 1 aliphatic heterocycles. The highest BCUT2D eigenvalue weighted by Crippen LogP contribution is 2.44. The number of halogens is 6. The third-order valence-electron chi connectivity index (χ3n) is 7.20. The van der Waals surface area contributed by atoms with Crippen molar-refractivity contribution in [2.75, 3.05) is 14.2 Å². The van der Waals surface area contributed by atoms with Crippen LogP contribution in [0.2, 0.25) is 0 Å². The molecule has 0 N–H and O–H groups in total. The molecule has 1 unspecified atom stereocenters. The first-order chi connectivity index (χ1) is 21.6. The summed E-state index contributed by atoms with van der Waals surface area (Å²) in [6, 6.07) is 12.0. The molecule has 0 saturated carbocycles. The molecule has 3 rings (SSSR count). The maximum Gasteiger partial charge on any atom is 0.432 e. The third-order valence-corrected chi connectivity index (χ3v) is 7.20. The van der Waals surface area contributed by atoms with Crippen LogP contribution in [0.4, 0.5) is 26.3 Å². The van der Waals surface area contributed by atoms with Gasteiger partial charge in [-0.2, -0.15) is 26.3 Å². The standard InChI is InChI=1S/C32H32F6O8/c1-21-11-10-16-24(45-27(40)29(42-2,31(33,34)35)22-12-6-4-7-13-22)17-18-25(19-20-26(39)44-21)46-28(41)30(43-3,32(36,37)38)23-14-8-5-9-15-23/h4-9,12-15,17-21,24-25H,10-11,16H2,1-3H3/b18-17-,20-19-/t21-,24+,25?,29-,30-/m0/s1. The summed E-state index contributed by atoms with van der Waals surface area (Å²) in [6.45, 7) is 1.54. The Balaban J connectivity index is 2.02. The summed E-state index contributed by atoms with van der Waals surface area (Å²) < 4.78 is 112. The van der Waals surface area contributed by atoms with E-state index >= 15 is 0 Å². The topological polar surface area (TPSA) is 97.4 Å². The summed E-state index contributed by atoms with van der Waals surface area (Å²) in [7, 11) is 1.36. The molecule has 250 valence electrons. The first-order valence-corrected chi connectivity index (χ1v) is 14.0. The number of hydrogen-bond donors (Lipinski definition) is 0. The number of alkyl halides is 6. The lowest BCUT2D eigenvalue weighted by Crippen LogP contribution is -2.52. The first-order valence-electron chi connectivity index (χ1n) is 14.0. The Morgan fingerprint density at radius 1 is 0.717 bits per heavy atom. The summed E-state index contributed by atoms with van der Waals surface area (Å²) in [5.41, 5.74) is -8.24. The molecule has 1 heterocycles. The molecule has 46 heavy (non-hydrogen) atoms. The van der Waals surface area contributed by atoms with Gasteiger partial charge in [0.25, 0.3) is 11.2 Å². The highest BCUT2D eigenvalue weighted by atomic mass is 19.4. The van der Waals surface area contributed by atoms with Crippen molar-refractivity contribution in [3.63, 3.8) is 0 Å². The molecule has 0 bridgehead atoms. The lowest BCUT2D eigenvalue weighted by atomic mass is 9.92. The molecule has 2 aromatic carbocycles. The van der Waals surface area contributed by atoms with Gasteiger partial charge in [-0.05, 0) is 44.4 Å².